The SMILES string of the molecule is CCOc1cc(N)cc(C2CC2)n1.CCOc1cc(N)cc(Cl)n1. The fourth-order valence-electron chi connectivity index (χ4n) is 2.07. The summed E-state index contributed by atoms with van der Waals surface area (Å²) in [5.41, 5.74) is 13.6. The molecular weight excluding hydrogens is 328 g/mol. The van der Waals surface area contributed by atoms with Crippen LogP contribution in [0.2, 0.25) is 5.15 Å². The second-order valence-corrected chi connectivity index (χ2v) is 5.75. The monoisotopic (exact) mass is 350 g/mol. The van der Waals surface area contributed by atoms with Crippen molar-refractivity contribution < 1.29 is 9.47 Å². The van der Waals surface area contributed by atoms with Crippen LogP contribution in [0.15, 0.2) is 24.3 Å². The van der Waals surface area contributed by atoms with E-state index in [-0.39, 0.29) is 0 Å². The number of ether oxygens (including phenoxy) is 2. The molecular formula is C17H23ClN4O2. The first-order chi connectivity index (χ1) is 11.5. The molecule has 0 atom stereocenters. The van der Waals surface area contributed by atoms with Gasteiger partial charge in [0.15, 0.2) is 0 Å². The van der Waals surface area contributed by atoms with Crippen LogP contribution in [-0.4, -0.2) is 23.2 Å². The molecule has 1 fully saturated rings. The number of halogens is 1. The van der Waals surface area contributed by atoms with Crippen LogP contribution >= 0.6 is 11.6 Å². The zero-order chi connectivity index (χ0) is 17.5. The Morgan fingerprint density at radius 2 is 1.50 bits per heavy atom. The summed E-state index contributed by atoms with van der Waals surface area (Å²) in [7, 11) is 0. The van der Waals surface area contributed by atoms with E-state index in [1.807, 2.05) is 19.9 Å². The minimum Gasteiger partial charge on any atom is -0.478 e. The molecule has 0 aromatic carbocycles. The first-order valence-electron chi connectivity index (χ1n) is 7.98. The van der Waals surface area contributed by atoms with Gasteiger partial charge in [0.25, 0.3) is 0 Å². The normalized spacial score (nSPS) is 13.0. The van der Waals surface area contributed by atoms with Crippen LogP contribution in [-0.2, 0) is 0 Å². The van der Waals surface area contributed by atoms with Gasteiger partial charge in [-0.05, 0) is 38.8 Å². The molecule has 1 aliphatic rings. The van der Waals surface area contributed by atoms with Crippen molar-refractivity contribution in [2.75, 3.05) is 24.7 Å². The Bertz CT molecular complexity index is 657. The largest absolute Gasteiger partial charge is 0.478 e. The molecule has 3 rings (SSSR count). The predicted molar refractivity (Wildman–Crippen MR) is 96.6 cm³/mol. The van der Waals surface area contributed by atoms with Crippen LogP contribution < -0.4 is 20.9 Å². The number of nitrogens with two attached hydrogens (primary N) is 2. The minimum absolute atomic E-state index is 0.355. The molecule has 1 saturated carbocycles. The van der Waals surface area contributed by atoms with E-state index >= 15 is 0 Å². The summed E-state index contributed by atoms with van der Waals surface area (Å²) in [6, 6.07) is 6.93. The summed E-state index contributed by atoms with van der Waals surface area (Å²) in [4.78, 5) is 8.27. The maximum atomic E-state index is 5.74. The van der Waals surface area contributed by atoms with E-state index in [0.717, 1.165) is 11.4 Å². The molecule has 0 saturated heterocycles. The molecule has 0 unspecified atom stereocenters. The summed E-state index contributed by atoms with van der Waals surface area (Å²) < 4.78 is 10.4. The van der Waals surface area contributed by atoms with Crippen LogP contribution in [0.1, 0.15) is 38.3 Å². The lowest BCUT2D eigenvalue weighted by Crippen LogP contribution is -1.99. The maximum Gasteiger partial charge on any atom is 0.216 e. The van der Waals surface area contributed by atoms with Crippen molar-refractivity contribution in [2.45, 2.75) is 32.6 Å². The number of nitrogens with zero attached hydrogens (tertiary/aromatic N) is 2. The van der Waals surface area contributed by atoms with E-state index in [2.05, 4.69) is 9.97 Å². The molecule has 2 heterocycles. The summed E-state index contributed by atoms with van der Waals surface area (Å²) in [6.07, 6.45) is 2.48. The molecule has 6 nitrogen and oxygen atoms in total. The lowest BCUT2D eigenvalue weighted by atomic mass is 10.2. The highest BCUT2D eigenvalue weighted by Gasteiger charge is 2.25. The number of anilines is 2. The highest BCUT2D eigenvalue weighted by Crippen LogP contribution is 2.40. The van der Waals surface area contributed by atoms with E-state index in [1.54, 1.807) is 18.2 Å². The van der Waals surface area contributed by atoms with E-state index in [9.17, 15) is 0 Å². The topological polar surface area (TPSA) is 96.3 Å². The van der Waals surface area contributed by atoms with Gasteiger partial charge in [0.05, 0.1) is 13.2 Å². The van der Waals surface area contributed by atoms with E-state index < -0.39 is 0 Å². The van der Waals surface area contributed by atoms with Crippen LogP contribution in [0.5, 0.6) is 11.8 Å². The highest BCUT2D eigenvalue weighted by molar-refractivity contribution is 6.29. The molecule has 2 aromatic heterocycles. The Kier molecular flexibility index (Phi) is 6.49. The lowest BCUT2D eigenvalue weighted by molar-refractivity contribution is 0.326. The average molecular weight is 351 g/mol. The fraction of sp³-hybridized carbons (Fsp3) is 0.412. The molecule has 0 bridgehead atoms. The van der Waals surface area contributed by atoms with E-state index in [0.29, 0.717) is 41.7 Å². The molecule has 2 aromatic rings. The number of aromatic nitrogens is 2. The molecule has 0 spiro atoms. The molecule has 24 heavy (non-hydrogen) atoms. The Labute approximate surface area is 147 Å². The number of hydrogen-bond donors (Lipinski definition) is 2. The number of hydrogen-bond acceptors (Lipinski definition) is 6. The predicted octanol–water partition coefficient (Wildman–Crippen LogP) is 3.66. The summed E-state index contributed by atoms with van der Waals surface area (Å²) in [5, 5.41) is 0.355. The standard InChI is InChI=1S/C10H14N2O.C7H9ClN2O/c1-2-13-10-6-8(11)5-9(12-10)7-3-4-7;1-2-11-7-4-5(9)3-6(8)10-7/h5-7H,2-4H2,1H3,(H2,11,12);3-4H,2H2,1H3,(H2,9,10). The van der Waals surface area contributed by atoms with E-state index in [1.165, 1.54) is 12.8 Å². The summed E-state index contributed by atoms with van der Waals surface area (Å²) in [5.74, 6) is 1.75. The molecule has 7 heteroatoms. The van der Waals surface area contributed by atoms with Gasteiger partial charge in [-0.2, -0.15) is 0 Å². The molecule has 0 amide bonds. The number of nitrogen functional groups attached to an aromatic ring is 2. The number of rotatable bonds is 5. The molecule has 130 valence electrons. The smallest absolute Gasteiger partial charge is 0.216 e. The minimum atomic E-state index is 0.355. The lowest BCUT2D eigenvalue weighted by Gasteiger charge is -2.05. The van der Waals surface area contributed by atoms with Crippen LogP contribution in [0.3, 0.4) is 0 Å². The van der Waals surface area contributed by atoms with Gasteiger partial charge in [-0.3, -0.25) is 0 Å². The Balaban J connectivity index is 0.000000177. The van der Waals surface area contributed by atoms with Gasteiger partial charge in [0.2, 0.25) is 11.8 Å². The second-order valence-electron chi connectivity index (χ2n) is 5.37. The van der Waals surface area contributed by atoms with E-state index in [4.69, 9.17) is 32.5 Å². The van der Waals surface area contributed by atoms with Gasteiger partial charge in [0, 0.05) is 35.1 Å². The van der Waals surface area contributed by atoms with Gasteiger partial charge in [0.1, 0.15) is 5.15 Å². The molecule has 0 radical (unpaired) electrons. The van der Waals surface area contributed by atoms with Crippen molar-refractivity contribution in [3.63, 3.8) is 0 Å². The molecule has 1 aliphatic carbocycles. The average Bonchev–Trinajstić information content (AvgIpc) is 3.31. The van der Waals surface area contributed by atoms with Crippen LogP contribution in [0.25, 0.3) is 0 Å². The van der Waals surface area contributed by atoms with Gasteiger partial charge in [-0.15, -0.1) is 0 Å². The molecule has 4 N–H and O–H groups in total. The van der Waals surface area contributed by atoms with Crippen LogP contribution in [0, 0.1) is 0 Å². The Morgan fingerprint density at radius 1 is 0.958 bits per heavy atom. The Hall–Kier alpha value is -2.21. The van der Waals surface area contributed by atoms with Crippen molar-refractivity contribution in [1.82, 2.24) is 9.97 Å². The zero-order valence-corrected chi connectivity index (χ0v) is 14.7. The van der Waals surface area contributed by atoms with Crippen molar-refractivity contribution in [3.05, 3.63) is 35.1 Å². The van der Waals surface area contributed by atoms with Crippen molar-refractivity contribution in [3.8, 4) is 11.8 Å². The van der Waals surface area contributed by atoms with Crippen molar-refractivity contribution >= 4 is 23.0 Å². The van der Waals surface area contributed by atoms with Crippen LogP contribution in [0.4, 0.5) is 11.4 Å². The van der Waals surface area contributed by atoms with Gasteiger partial charge >= 0.3 is 0 Å². The molecule has 0 aliphatic heterocycles. The van der Waals surface area contributed by atoms with Gasteiger partial charge < -0.3 is 20.9 Å². The maximum absolute atomic E-state index is 5.74. The second kappa shape index (κ2) is 8.59. The fourth-order valence-corrected chi connectivity index (χ4v) is 2.28. The number of pyridine rings is 2. The highest BCUT2D eigenvalue weighted by atomic mass is 35.5. The van der Waals surface area contributed by atoms with Gasteiger partial charge in [-0.25, -0.2) is 9.97 Å². The first kappa shape index (κ1) is 18.1. The van der Waals surface area contributed by atoms with Crippen molar-refractivity contribution in [1.29, 1.82) is 0 Å². The Morgan fingerprint density at radius 3 is 2.00 bits per heavy atom. The third-order valence-corrected chi connectivity index (χ3v) is 3.41. The third-order valence-electron chi connectivity index (χ3n) is 3.22. The summed E-state index contributed by atoms with van der Waals surface area (Å²) in [6.45, 7) is 5.02. The van der Waals surface area contributed by atoms with Gasteiger partial charge in [-0.1, -0.05) is 11.6 Å². The summed E-state index contributed by atoms with van der Waals surface area (Å²) >= 11 is 5.61. The van der Waals surface area contributed by atoms with Crippen molar-refractivity contribution in [2.24, 2.45) is 0 Å². The zero-order valence-electron chi connectivity index (χ0n) is 14.0. The third kappa shape index (κ3) is 5.77. The quantitative estimate of drug-likeness (QED) is 0.799. The first-order valence-corrected chi connectivity index (χ1v) is 8.35.